The zero-order chi connectivity index (χ0) is 14.5. The second kappa shape index (κ2) is 6.71. The Morgan fingerprint density at radius 1 is 1.19 bits per heavy atom. The second-order valence-electron chi connectivity index (χ2n) is 6.22. The third-order valence-electron chi connectivity index (χ3n) is 4.63. The quantitative estimate of drug-likeness (QED) is 0.856. The third kappa shape index (κ3) is 3.71. The van der Waals surface area contributed by atoms with Gasteiger partial charge in [-0.2, -0.15) is 5.10 Å². The summed E-state index contributed by atoms with van der Waals surface area (Å²) in [6.07, 6.45) is 7.73. The number of hydrogen-bond donors (Lipinski definition) is 0. The summed E-state index contributed by atoms with van der Waals surface area (Å²) >= 11 is 0. The number of hydrogen-bond acceptors (Lipinski definition) is 5. The van der Waals surface area contributed by atoms with Crippen molar-refractivity contribution in [2.75, 3.05) is 26.8 Å². The molecule has 1 aromatic heterocycles. The minimum atomic E-state index is 0.0919. The molecule has 1 aliphatic carbocycles. The van der Waals surface area contributed by atoms with Crippen molar-refractivity contribution in [1.82, 2.24) is 15.1 Å². The molecule has 5 nitrogen and oxygen atoms in total. The summed E-state index contributed by atoms with van der Waals surface area (Å²) in [6.45, 7) is 3.70. The molecule has 1 spiro atoms. The van der Waals surface area contributed by atoms with Crippen LogP contribution in [0.5, 0.6) is 5.88 Å². The Morgan fingerprint density at radius 3 is 2.67 bits per heavy atom. The highest BCUT2D eigenvalue weighted by atomic mass is 16.5. The summed E-state index contributed by atoms with van der Waals surface area (Å²) in [5.41, 5.74) is 1.09. The van der Waals surface area contributed by atoms with Crippen LogP contribution in [0.15, 0.2) is 12.1 Å². The Labute approximate surface area is 126 Å². The molecule has 0 aromatic carbocycles. The summed E-state index contributed by atoms with van der Waals surface area (Å²) in [5.74, 6) is 0.570. The number of rotatable bonds is 3. The number of methoxy groups -OCH3 is 1. The maximum Gasteiger partial charge on any atom is 0.233 e. The zero-order valence-corrected chi connectivity index (χ0v) is 12.9. The van der Waals surface area contributed by atoms with Crippen LogP contribution in [0, 0.1) is 0 Å². The van der Waals surface area contributed by atoms with Crippen LogP contribution in [0.4, 0.5) is 0 Å². The maximum atomic E-state index is 6.19. The van der Waals surface area contributed by atoms with E-state index >= 15 is 0 Å². The van der Waals surface area contributed by atoms with Gasteiger partial charge in [0.05, 0.1) is 25.0 Å². The predicted octanol–water partition coefficient (Wildman–Crippen LogP) is 2.41. The zero-order valence-electron chi connectivity index (χ0n) is 12.9. The van der Waals surface area contributed by atoms with Crippen molar-refractivity contribution in [2.45, 2.75) is 50.7 Å². The smallest absolute Gasteiger partial charge is 0.233 e. The monoisotopic (exact) mass is 291 g/mol. The highest BCUT2D eigenvalue weighted by Crippen LogP contribution is 2.33. The number of ether oxygens (including phenoxy) is 2. The van der Waals surface area contributed by atoms with E-state index in [-0.39, 0.29) is 5.60 Å². The molecule has 0 radical (unpaired) electrons. The van der Waals surface area contributed by atoms with Crippen molar-refractivity contribution in [3.63, 3.8) is 0 Å². The van der Waals surface area contributed by atoms with Crippen LogP contribution in [0.1, 0.15) is 44.2 Å². The minimum absolute atomic E-state index is 0.0919. The summed E-state index contributed by atoms with van der Waals surface area (Å²) in [4.78, 5) is 2.46. The highest BCUT2D eigenvalue weighted by molar-refractivity contribution is 5.11. The van der Waals surface area contributed by atoms with E-state index in [2.05, 4.69) is 15.1 Å². The van der Waals surface area contributed by atoms with Crippen LogP contribution >= 0.6 is 0 Å². The average molecular weight is 291 g/mol. The first-order valence-electron chi connectivity index (χ1n) is 8.03. The fraction of sp³-hybridized carbons (Fsp3) is 0.750. The average Bonchev–Trinajstić information content (AvgIpc) is 2.74. The molecular formula is C16H25N3O2. The van der Waals surface area contributed by atoms with E-state index in [0.29, 0.717) is 5.88 Å². The van der Waals surface area contributed by atoms with Crippen LogP contribution in [-0.2, 0) is 11.3 Å². The molecule has 1 aliphatic heterocycles. The highest BCUT2D eigenvalue weighted by Gasteiger charge is 2.36. The van der Waals surface area contributed by atoms with Gasteiger partial charge in [0.25, 0.3) is 0 Å². The molecule has 0 bridgehead atoms. The van der Waals surface area contributed by atoms with Gasteiger partial charge in [0, 0.05) is 25.7 Å². The van der Waals surface area contributed by atoms with Crippen molar-refractivity contribution in [1.29, 1.82) is 0 Å². The first kappa shape index (κ1) is 14.7. The van der Waals surface area contributed by atoms with Gasteiger partial charge in [-0.25, -0.2) is 0 Å². The summed E-state index contributed by atoms with van der Waals surface area (Å²) in [6, 6.07) is 3.88. The molecule has 2 aliphatic rings. The lowest BCUT2D eigenvalue weighted by Crippen LogP contribution is -2.51. The van der Waals surface area contributed by atoms with Crippen molar-refractivity contribution in [2.24, 2.45) is 0 Å². The van der Waals surface area contributed by atoms with Crippen LogP contribution in [0.25, 0.3) is 0 Å². The fourth-order valence-corrected chi connectivity index (χ4v) is 3.50. The van der Waals surface area contributed by atoms with Gasteiger partial charge in [0.1, 0.15) is 0 Å². The summed E-state index contributed by atoms with van der Waals surface area (Å²) < 4.78 is 11.2. The number of nitrogens with zero attached hydrogens (tertiary/aromatic N) is 3. The van der Waals surface area contributed by atoms with Gasteiger partial charge in [-0.15, -0.1) is 5.10 Å². The molecular weight excluding hydrogens is 266 g/mol. The normalized spacial score (nSPS) is 22.9. The molecule has 0 atom stereocenters. The van der Waals surface area contributed by atoms with E-state index in [4.69, 9.17) is 9.47 Å². The maximum absolute atomic E-state index is 6.19. The van der Waals surface area contributed by atoms with E-state index in [1.807, 2.05) is 12.1 Å². The first-order chi connectivity index (χ1) is 10.3. The minimum Gasteiger partial charge on any atom is -0.480 e. The SMILES string of the molecule is COc1ccc(CN2CCOC3(CCCCCC3)C2)nn1. The molecule has 1 saturated heterocycles. The van der Waals surface area contributed by atoms with E-state index < -0.39 is 0 Å². The van der Waals surface area contributed by atoms with Crippen LogP contribution in [0.2, 0.25) is 0 Å². The number of morpholine rings is 1. The first-order valence-corrected chi connectivity index (χ1v) is 8.03. The molecule has 21 heavy (non-hydrogen) atoms. The topological polar surface area (TPSA) is 47.5 Å². The molecule has 5 heteroatoms. The van der Waals surface area contributed by atoms with Crippen LogP contribution < -0.4 is 4.74 Å². The van der Waals surface area contributed by atoms with Gasteiger partial charge in [-0.1, -0.05) is 25.7 Å². The molecule has 1 aromatic rings. The molecule has 3 rings (SSSR count). The predicted molar refractivity (Wildman–Crippen MR) is 80.2 cm³/mol. The fourth-order valence-electron chi connectivity index (χ4n) is 3.50. The standard InChI is InChI=1S/C16H25N3O2/c1-20-15-7-6-14(17-18-15)12-19-10-11-21-16(13-19)8-4-2-3-5-9-16/h6-7H,2-5,8-13H2,1H3. The molecule has 0 N–H and O–H groups in total. The Hall–Kier alpha value is -1.20. The van der Waals surface area contributed by atoms with Crippen molar-refractivity contribution in [3.8, 4) is 5.88 Å². The van der Waals surface area contributed by atoms with Gasteiger partial charge >= 0.3 is 0 Å². The second-order valence-corrected chi connectivity index (χ2v) is 6.22. The Kier molecular flexibility index (Phi) is 4.70. The largest absolute Gasteiger partial charge is 0.480 e. The summed E-state index contributed by atoms with van der Waals surface area (Å²) in [7, 11) is 1.61. The summed E-state index contributed by atoms with van der Waals surface area (Å²) in [5, 5.41) is 8.29. The van der Waals surface area contributed by atoms with Gasteiger partial charge in [0.15, 0.2) is 0 Å². The number of aromatic nitrogens is 2. The Balaban J connectivity index is 1.62. The molecule has 0 amide bonds. The van der Waals surface area contributed by atoms with Crippen molar-refractivity contribution in [3.05, 3.63) is 17.8 Å². The van der Waals surface area contributed by atoms with Gasteiger partial charge in [-0.3, -0.25) is 4.90 Å². The molecule has 1 saturated carbocycles. The third-order valence-corrected chi connectivity index (χ3v) is 4.63. The van der Waals surface area contributed by atoms with Crippen LogP contribution in [0.3, 0.4) is 0 Å². The van der Waals surface area contributed by atoms with Gasteiger partial charge in [-0.05, 0) is 18.9 Å². The van der Waals surface area contributed by atoms with Gasteiger partial charge in [0.2, 0.25) is 5.88 Å². The Bertz CT molecular complexity index is 441. The lowest BCUT2D eigenvalue weighted by molar-refractivity contribution is -0.119. The molecule has 0 unspecified atom stereocenters. The van der Waals surface area contributed by atoms with E-state index in [9.17, 15) is 0 Å². The van der Waals surface area contributed by atoms with Crippen LogP contribution in [-0.4, -0.2) is 47.5 Å². The van der Waals surface area contributed by atoms with E-state index in [0.717, 1.165) is 31.9 Å². The molecule has 2 heterocycles. The van der Waals surface area contributed by atoms with Crippen molar-refractivity contribution >= 4 is 0 Å². The molecule has 2 fully saturated rings. The van der Waals surface area contributed by atoms with Crippen molar-refractivity contribution < 1.29 is 9.47 Å². The lowest BCUT2D eigenvalue weighted by Gasteiger charge is -2.42. The van der Waals surface area contributed by atoms with Gasteiger partial charge < -0.3 is 9.47 Å². The van der Waals surface area contributed by atoms with E-state index in [1.54, 1.807) is 7.11 Å². The molecule has 116 valence electrons. The Morgan fingerprint density at radius 2 is 2.00 bits per heavy atom. The van der Waals surface area contributed by atoms with E-state index in [1.165, 1.54) is 38.5 Å². The lowest BCUT2D eigenvalue weighted by atomic mass is 9.92.